The van der Waals surface area contributed by atoms with E-state index in [4.69, 9.17) is 9.47 Å². The van der Waals surface area contributed by atoms with Crippen molar-refractivity contribution in [3.05, 3.63) is 60.2 Å². The highest BCUT2D eigenvalue weighted by Gasteiger charge is 2.43. The van der Waals surface area contributed by atoms with Crippen LogP contribution in [0, 0.1) is 5.82 Å². The van der Waals surface area contributed by atoms with Gasteiger partial charge in [-0.1, -0.05) is 18.2 Å². The maximum Gasteiger partial charge on any atom is 0.145 e. The molecule has 5 heteroatoms. The van der Waals surface area contributed by atoms with Gasteiger partial charge >= 0.3 is 0 Å². The summed E-state index contributed by atoms with van der Waals surface area (Å²) in [6.07, 6.45) is 5.91. The molecule has 0 N–H and O–H groups in total. The zero-order chi connectivity index (χ0) is 17.1. The Kier molecular flexibility index (Phi) is 4.68. The summed E-state index contributed by atoms with van der Waals surface area (Å²) < 4.78 is 26.0. The molecule has 25 heavy (non-hydrogen) atoms. The van der Waals surface area contributed by atoms with Gasteiger partial charge < -0.3 is 9.47 Å². The Morgan fingerprint density at radius 1 is 1.20 bits per heavy atom. The summed E-state index contributed by atoms with van der Waals surface area (Å²) in [5.74, 6) is 0.676. The first-order valence-corrected chi connectivity index (χ1v) is 8.89. The van der Waals surface area contributed by atoms with Crippen LogP contribution in [-0.4, -0.2) is 41.3 Å². The van der Waals surface area contributed by atoms with Gasteiger partial charge in [0, 0.05) is 37.8 Å². The second-order valence-electron chi connectivity index (χ2n) is 6.99. The minimum Gasteiger partial charge on any atom is -0.488 e. The number of piperidine rings is 1. The predicted molar refractivity (Wildman–Crippen MR) is 92.9 cm³/mol. The molecule has 1 spiro atoms. The molecule has 0 unspecified atom stereocenters. The fourth-order valence-electron chi connectivity index (χ4n) is 3.81. The van der Waals surface area contributed by atoms with Gasteiger partial charge in [0.25, 0.3) is 0 Å². The zero-order valence-corrected chi connectivity index (χ0v) is 14.2. The number of hydrogen-bond donors (Lipinski definition) is 0. The summed E-state index contributed by atoms with van der Waals surface area (Å²) >= 11 is 0. The van der Waals surface area contributed by atoms with Crippen LogP contribution in [0.25, 0.3) is 0 Å². The summed E-state index contributed by atoms with van der Waals surface area (Å²) in [5.41, 5.74) is 0.635. The van der Waals surface area contributed by atoms with E-state index in [1.165, 1.54) is 6.20 Å². The second kappa shape index (κ2) is 7.10. The summed E-state index contributed by atoms with van der Waals surface area (Å²) in [4.78, 5) is 6.10. The molecule has 0 saturated carbocycles. The normalized spacial score (nSPS) is 23.0. The molecule has 132 valence electrons. The lowest BCUT2D eigenvalue weighted by atomic mass is 9.88. The van der Waals surface area contributed by atoms with Crippen molar-refractivity contribution in [1.82, 2.24) is 9.88 Å². The molecule has 0 amide bonds. The Bertz CT molecular complexity index is 702. The van der Waals surface area contributed by atoms with Gasteiger partial charge in [-0.2, -0.15) is 0 Å². The number of ether oxygens (including phenoxy) is 2. The lowest BCUT2D eigenvalue weighted by Crippen LogP contribution is -2.44. The molecule has 1 atom stereocenters. The van der Waals surface area contributed by atoms with Gasteiger partial charge in [0.1, 0.15) is 17.7 Å². The molecule has 0 bridgehead atoms. The first-order chi connectivity index (χ1) is 12.2. The van der Waals surface area contributed by atoms with E-state index in [9.17, 15) is 4.39 Å². The van der Waals surface area contributed by atoms with Gasteiger partial charge in [-0.3, -0.25) is 9.88 Å². The van der Waals surface area contributed by atoms with E-state index in [0.29, 0.717) is 18.7 Å². The largest absolute Gasteiger partial charge is 0.488 e. The quantitative estimate of drug-likeness (QED) is 0.853. The molecule has 4 nitrogen and oxygen atoms in total. The van der Waals surface area contributed by atoms with E-state index in [0.717, 1.165) is 38.1 Å². The fraction of sp³-hybridized carbons (Fsp3) is 0.450. The SMILES string of the molecule is Fc1cnccc1CN1CCC2(CC1)C[C@@H](Oc1ccccc1)CO2. The van der Waals surface area contributed by atoms with E-state index in [1.807, 2.05) is 30.3 Å². The molecule has 2 aliphatic heterocycles. The molecule has 4 rings (SSSR count). The van der Waals surface area contributed by atoms with Gasteiger partial charge in [-0.25, -0.2) is 4.39 Å². The molecule has 3 heterocycles. The van der Waals surface area contributed by atoms with Crippen molar-refractivity contribution in [3.8, 4) is 5.75 Å². The number of rotatable bonds is 4. The van der Waals surface area contributed by atoms with Crippen LogP contribution in [0.5, 0.6) is 5.75 Å². The van der Waals surface area contributed by atoms with Crippen LogP contribution in [0.4, 0.5) is 4.39 Å². The molecule has 2 saturated heterocycles. The Hall–Kier alpha value is -1.98. The van der Waals surface area contributed by atoms with Crippen LogP contribution < -0.4 is 4.74 Å². The number of hydrogen-bond acceptors (Lipinski definition) is 4. The highest BCUT2D eigenvalue weighted by atomic mass is 19.1. The maximum absolute atomic E-state index is 13.8. The molecule has 1 aromatic heterocycles. The highest BCUT2D eigenvalue weighted by Crippen LogP contribution is 2.37. The standard InChI is InChI=1S/C20H23FN2O2/c21-19-13-22-9-6-16(19)14-23-10-7-20(8-11-23)12-18(15-24-20)25-17-4-2-1-3-5-17/h1-6,9,13,18H,7-8,10-12,14-15H2/t18-/m1/s1. The molecule has 2 fully saturated rings. The van der Waals surface area contributed by atoms with Gasteiger partial charge in [0.2, 0.25) is 0 Å². The van der Waals surface area contributed by atoms with E-state index < -0.39 is 0 Å². The van der Waals surface area contributed by atoms with Gasteiger partial charge in [0.05, 0.1) is 18.4 Å². The van der Waals surface area contributed by atoms with Crippen LogP contribution in [0.15, 0.2) is 48.8 Å². The number of aromatic nitrogens is 1. The lowest BCUT2D eigenvalue weighted by molar-refractivity contribution is -0.0456. The third-order valence-electron chi connectivity index (χ3n) is 5.24. The van der Waals surface area contributed by atoms with Crippen molar-refractivity contribution in [3.63, 3.8) is 0 Å². The number of benzene rings is 1. The summed E-state index contributed by atoms with van der Waals surface area (Å²) in [6, 6.07) is 11.7. The van der Waals surface area contributed by atoms with Crippen molar-refractivity contribution in [2.75, 3.05) is 19.7 Å². The van der Waals surface area contributed by atoms with E-state index >= 15 is 0 Å². The van der Waals surface area contributed by atoms with Crippen molar-refractivity contribution in [2.45, 2.75) is 37.5 Å². The monoisotopic (exact) mass is 342 g/mol. The smallest absolute Gasteiger partial charge is 0.145 e. The summed E-state index contributed by atoms with van der Waals surface area (Å²) in [7, 11) is 0. The molecule has 2 aliphatic rings. The van der Waals surface area contributed by atoms with Crippen molar-refractivity contribution in [1.29, 1.82) is 0 Å². The number of nitrogens with zero attached hydrogens (tertiary/aromatic N) is 2. The van der Waals surface area contributed by atoms with Crippen LogP contribution in [0.1, 0.15) is 24.8 Å². The Balaban J connectivity index is 1.30. The number of para-hydroxylation sites is 1. The number of likely N-dealkylation sites (tertiary alicyclic amines) is 1. The molecule has 1 aromatic carbocycles. The fourth-order valence-corrected chi connectivity index (χ4v) is 3.81. The Morgan fingerprint density at radius 2 is 2.00 bits per heavy atom. The molecular formula is C20H23FN2O2. The Labute approximate surface area is 147 Å². The minimum absolute atomic E-state index is 0.0767. The van der Waals surface area contributed by atoms with E-state index in [-0.39, 0.29) is 17.5 Å². The second-order valence-corrected chi connectivity index (χ2v) is 6.99. The number of pyridine rings is 1. The topological polar surface area (TPSA) is 34.6 Å². The van der Waals surface area contributed by atoms with Crippen LogP contribution in [0.3, 0.4) is 0 Å². The van der Waals surface area contributed by atoms with Crippen molar-refractivity contribution < 1.29 is 13.9 Å². The van der Waals surface area contributed by atoms with Crippen LogP contribution >= 0.6 is 0 Å². The first-order valence-electron chi connectivity index (χ1n) is 8.89. The predicted octanol–water partition coefficient (Wildman–Crippen LogP) is 3.42. The molecule has 0 radical (unpaired) electrons. The lowest BCUT2D eigenvalue weighted by Gasteiger charge is -2.38. The minimum atomic E-state index is -0.226. The third kappa shape index (κ3) is 3.83. The van der Waals surface area contributed by atoms with E-state index in [2.05, 4.69) is 9.88 Å². The zero-order valence-electron chi connectivity index (χ0n) is 14.2. The van der Waals surface area contributed by atoms with Gasteiger partial charge in [-0.05, 0) is 31.0 Å². The van der Waals surface area contributed by atoms with Gasteiger partial charge in [0.15, 0.2) is 0 Å². The van der Waals surface area contributed by atoms with Crippen LogP contribution in [0.2, 0.25) is 0 Å². The van der Waals surface area contributed by atoms with Gasteiger partial charge in [-0.15, -0.1) is 0 Å². The van der Waals surface area contributed by atoms with Crippen molar-refractivity contribution in [2.24, 2.45) is 0 Å². The average molecular weight is 342 g/mol. The van der Waals surface area contributed by atoms with Crippen LogP contribution in [-0.2, 0) is 11.3 Å². The third-order valence-corrected chi connectivity index (χ3v) is 5.24. The molecular weight excluding hydrogens is 319 g/mol. The molecule has 2 aromatic rings. The average Bonchev–Trinajstić information content (AvgIpc) is 3.02. The summed E-state index contributed by atoms with van der Waals surface area (Å²) in [5, 5.41) is 0. The molecule has 0 aliphatic carbocycles. The van der Waals surface area contributed by atoms with E-state index in [1.54, 1.807) is 12.3 Å². The summed E-state index contributed by atoms with van der Waals surface area (Å²) in [6.45, 7) is 3.11. The van der Waals surface area contributed by atoms with Crippen molar-refractivity contribution >= 4 is 0 Å². The first kappa shape index (κ1) is 16.5. The maximum atomic E-state index is 13.8. The number of halogens is 1. The highest BCUT2D eigenvalue weighted by molar-refractivity contribution is 5.21. The Morgan fingerprint density at radius 3 is 2.76 bits per heavy atom.